The van der Waals surface area contributed by atoms with Crippen LogP contribution in [0.3, 0.4) is 0 Å². The Hall–Kier alpha value is -3.68. The lowest BCUT2D eigenvalue weighted by Crippen LogP contribution is -2.43. The Labute approximate surface area is 154 Å². The zero-order valence-corrected chi connectivity index (χ0v) is 14.3. The quantitative estimate of drug-likeness (QED) is 0.662. The number of imidazole rings is 1. The summed E-state index contributed by atoms with van der Waals surface area (Å²) in [5, 5.41) is 11.9. The molecule has 0 spiro atoms. The lowest BCUT2D eigenvalue weighted by atomic mass is 9.97. The zero-order chi connectivity index (χ0) is 18.8. The smallest absolute Gasteiger partial charge is 0.335 e. The van der Waals surface area contributed by atoms with Crippen molar-refractivity contribution in [2.75, 3.05) is 11.9 Å². The number of aromatic carboxylic acids is 1. The molecule has 3 aromatic rings. The van der Waals surface area contributed by atoms with Gasteiger partial charge in [-0.2, -0.15) is 0 Å². The summed E-state index contributed by atoms with van der Waals surface area (Å²) in [6.45, 7) is 0.507. The van der Waals surface area contributed by atoms with Crippen molar-refractivity contribution >= 4 is 17.7 Å². The molecule has 1 aliphatic heterocycles. The first kappa shape index (κ1) is 16.8. The van der Waals surface area contributed by atoms with Crippen LogP contribution < -0.4 is 5.32 Å². The fourth-order valence-electron chi connectivity index (χ4n) is 3.30. The van der Waals surface area contributed by atoms with Gasteiger partial charge in [0, 0.05) is 36.7 Å². The summed E-state index contributed by atoms with van der Waals surface area (Å²) in [5.74, 6) is -1.04. The largest absolute Gasteiger partial charge is 0.478 e. The van der Waals surface area contributed by atoms with Gasteiger partial charge in [-0.1, -0.05) is 6.07 Å². The molecule has 0 bridgehead atoms. The van der Waals surface area contributed by atoms with Crippen LogP contribution in [0.25, 0.3) is 0 Å². The molecule has 27 heavy (non-hydrogen) atoms. The van der Waals surface area contributed by atoms with E-state index in [9.17, 15) is 9.59 Å². The summed E-state index contributed by atoms with van der Waals surface area (Å²) in [4.78, 5) is 37.4. The van der Waals surface area contributed by atoms with E-state index in [1.54, 1.807) is 35.8 Å². The molecule has 2 aromatic heterocycles. The molecule has 4 rings (SSSR count). The number of urea groups is 1. The van der Waals surface area contributed by atoms with E-state index in [1.165, 1.54) is 12.1 Å². The highest BCUT2D eigenvalue weighted by Gasteiger charge is 2.34. The molecule has 1 aliphatic rings. The predicted octanol–water partition coefficient (Wildman–Crippen LogP) is 2.68. The first-order chi connectivity index (χ1) is 13.1. The van der Waals surface area contributed by atoms with Crippen molar-refractivity contribution in [2.24, 2.45) is 0 Å². The number of amides is 2. The standard InChI is InChI=1S/C19H17N5O3/c25-18(26)13-2-1-3-14(10-13)23-19(27)24-9-6-15-16(22-11-21-15)17(24)12-4-7-20-8-5-12/h1-5,7-8,10-11,17H,6,9H2,(H,21,22)(H,23,27)(H,25,26). The number of hydrogen-bond acceptors (Lipinski definition) is 4. The van der Waals surface area contributed by atoms with E-state index in [1.807, 2.05) is 12.1 Å². The Kier molecular flexibility index (Phi) is 4.29. The number of rotatable bonds is 3. The Morgan fingerprint density at radius 1 is 1.22 bits per heavy atom. The van der Waals surface area contributed by atoms with Crippen LogP contribution in [-0.4, -0.2) is 43.5 Å². The third-order valence-corrected chi connectivity index (χ3v) is 4.57. The lowest BCUT2D eigenvalue weighted by Gasteiger charge is -2.35. The summed E-state index contributed by atoms with van der Waals surface area (Å²) in [6, 6.07) is 9.25. The third kappa shape index (κ3) is 3.24. The minimum atomic E-state index is -1.04. The number of H-pyrrole nitrogens is 1. The normalized spacial score (nSPS) is 15.9. The van der Waals surface area contributed by atoms with E-state index in [0.29, 0.717) is 18.7 Å². The molecule has 3 heterocycles. The minimum Gasteiger partial charge on any atom is -0.478 e. The van der Waals surface area contributed by atoms with E-state index in [4.69, 9.17) is 5.11 Å². The van der Waals surface area contributed by atoms with Gasteiger partial charge in [-0.25, -0.2) is 14.6 Å². The topological polar surface area (TPSA) is 111 Å². The number of fused-ring (bicyclic) bond motifs is 1. The number of benzene rings is 1. The van der Waals surface area contributed by atoms with E-state index < -0.39 is 5.97 Å². The molecule has 0 saturated heterocycles. The molecular weight excluding hydrogens is 346 g/mol. The van der Waals surface area contributed by atoms with Crippen LogP contribution >= 0.6 is 0 Å². The maximum atomic E-state index is 13.0. The Morgan fingerprint density at radius 3 is 2.81 bits per heavy atom. The van der Waals surface area contributed by atoms with Gasteiger partial charge in [0.25, 0.3) is 0 Å². The Balaban J connectivity index is 1.64. The summed E-state index contributed by atoms with van der Waals surface area (Å²) in [7, 11) is 0. The molecule has 0 aliphatic carbocycles. The highest BCUT2D eigenvalue weighted by molar-refractivity contribution is 5.93. The second kappa shape index (κ2) is 6.91. The van der Waals surface area contributed by atoms with Gasteiger partial charge < -0.3 is 20.3 Å². The molecular formula is C19H17N5O3. The first-order valence-electron chi connectivity index (χ1n) is 8.46. The van der Waals surface area contributed by atoms with Gasteiger partial charge in [0.2, 0.25) is 0 Å². The second-order valence-corrected chi connectivity index (χ2v) is 6.21. The van der Waals surface area contributed by atoms with Gasteiger partial charge >= 0.3 is 12.0 Å². The van der Waals surface area contributed by atoms with Crippen LogP contribution in [0.5, 0.6) is 0 Å². The van der Waals surface area contributed by atoms with Crippen molar-refractivity contribution in [3.63, 3.8) is 0 Å². The van der Waals surface area contributed by atoms with Gasteiger partial charge in [-0.05, 0) is 35.9 Å². The van der Waals surface area contributed by atoms with Gasteiger partial charge in [0.05, 0.1) is 17.6 Å². The van der Waals surface area contributed by atoms with Crippen LogP contribution in [0, 0.1) is 0 Å². The average Bonchev–Trinajstić information content (AvgIpc) is 3.16. The van der Waals surface area contributed by atoms with E-state index in [2.05, 4.69) is 20.3 Å². The minimum absolute atomic E-state index is 0.117. The molecule has 0 saturated carbocycles. The van der Waals surface area contributed by atoms with Gasteiger partial charge in [-0.15, -0.1) is 0 Å². The molecule has 0 fully saturated rings. The van der Waals surface area contributed by atoms with Gasteiger partial charge in [0.1, 0.15) is 6.04 Å². The Bertz CT molecular complexity index is 986. The second-order valence-electron chi connectivity index (χ2n) is 6.21. The monoisotopic (exact) mass is 363 g/mol. The number of hydrogen-bond donors (Lipinski definition) is 3. The van der Waals surface area contributed by atoms with E-state index in [-0.39, 0.29) is 17.6 Å². The fourth-order valence-corrected chi connectivity index (χ4v) is 3.30. The molecule has 0 radical (unpaired) electrons. The Morgan fingerprint density at radius 2 is 2.04 bits per heavy atom. The van der Waals surface area contributed by atoms with Crippen LogP contribution in [0.1, 0.15) is 33.4 Å². The number of carboxylic acids is 1. The predicted molar refractivity (Wildman–Crippen MR) is 97.5 cm³/mol. The molecule has 8 nitrogen and oxygen atoms in total. The van der Waals surface area contributed by atoms with Crippen LogP contribution in [0.4, 0.5) is 10.5 Å². The maximum absolute atomic E-state index is 13.0. The molecule has 8 heteroatoms. The van der Waals surface area contributed by atoms with Crippen molar-refractivity contribution in [1.82, 2.24) is 19.9 Å². The van der Waals surface area contributed by atoms with Crippen LogP contribution in [0.15, 0.2) is 55.1 Å². The van der Waals surface area contributed by atoms with Crippen molar-refractivity contribution in [1.29, 1.82) is 0 Å². The summed E-state index contributed by atoms with van der Waals surface area (Å²) >= 11 is 0. The number of aromatic nitrogens is 3. The highest BCUT2D eigenvalue weighted by Crippen LogP contribution is 2.33. The van der Waals surface area contributed by atoms with E-state index in [0.717, 1.165) is 17.0 Å². The lowest BCUT2D eigenvalue weighted by molar-refractivity contribution is 0.0697. The van der Waals surface area contributed by atoms with Crippen LogP contribution in [0.2, 0.25) is 0 Å². The number of carbonyl (C=O) groups is 2. The highest BCUT2D eigenvalue weighted by atomic mass is 16.4. The van der Waals surface area contributed by atoms with Gasteiger partial charge in [0.15, 0.2) is 0 Å². The average molecular weight is 363 g/mol. The summed E-state index contributed by atoms with van der Waals surface area (Å²) in [5.41, 5.74) is 3.27. The third-order valence-electron chi connectivity index (χ3n) is 4.57. The SMILES string of the molecule is O=C(O)c1cccc(NC(=O)N2CCc3[nH]cnc3C2c2ccncc2)c1. The molecule has 1 atom stereocenters. The number of nitrogens with one attached hydrogen (secondary N) is 2. The number of carbonyl (C=O) groups excluding carboxylic acids is 1. The molecule has 2 amide bonds. The fraction of sp³-hybridized carbons (Fsp3) is 0.158. The number of carboxylic acid groups (broad SMARTS) is 1. The summed E-state index contributed by atoms with van der Waals surface area (Å²) in [6.07, 6.45) is 5.67. The maximum Gasteiger partial charge on any atom is 0.335 e. The molecule has 136 valence electrons. The van der Waals surface area contributed by atoms with Gasteiger partial charge in [-0.3, -0.25) is 4.98 Å². The van der Waals surface area contributed by atoms with Crippen molar-refractivity contribution < 1.29 is 14.7 Å². The van der Waals surface area contributed by atoms with Crippen molar-refractivity contribution in [3.05, 3.63) is 77.6 Å². The number of nitrogens with zero attached hydrogens (tertiary/aromatic N) is 3. The zero-order valence-electron chi connectivity index (χ0n) is 14.3. The van der Waals surface area contributed by atoms with Crippen LogP contribution in [-0.2, 0) is 6.42 Å². The number of aromatic amines is 1. The summed E-state index contributed by atoms with van der Waals surface area (Å²) < 4.78 is 0. The van der Waals surface area contributed by atoms with Crippen molar-refractivity contribution in [2.45, 2.75) is 12.5 Å². The molecule has 3 N–H and O–H groups in total. The first-order valence-corrected chi connectivity index (χ1v) is 8.46. The molecule has 1 unspecified atom stereocenters. The van der Waals surface area contributed by atoms with E-state index >= 15 is 0 Å². The number of pyridine rings is 1. The molecule has 1 aromatic carbocycles. The van der Waals surface area contributed by atoms with Crippen molar-refractivity contribution in [3.8, 4) is 0 Å². The number of anilines is 1.